The van der Waals surface area contributed by atoms with Crippen LogP contribution in [0.2, 0.25) is 0 Å². The summed E-state index contributed by atoms with van der Waals surface area (Å²) in [6.45, 7) is 2.69. The molecule has 5 nitrogen and oxygen atoms in total. The quantitative estimate of drug-likeness (QED) is 0.648. The number of carbonyl (C=O) groups excluding carboxylic acids is 2. The molecule has 0 heterocycles. The first-order valence-corrected chi connectivity index (χ1v) is 6.78. The maximum absolute atomic E-state index is 12.2. The molecule has 5 heteroatoms. The highest BCUT2D eigenvalue weighted by molar-refractivity contribution is 5.94. The van der Waals surface area contributed by atoms with Crippen molar-refractivity contribution < 1.29 is 14.3 Å². The highest BCUT2D eigenvalue weighted by atomic mass is 16.5. The Morgan fingerprint density at radius 1 is 1.38 bits per heavy atom. The van der Waals surface area contributed by atoms with E-state index in [1.807, 2.05) is 6.07 Å². The van der Waals surface area contributed by atoms with E-state index in [1.54, 1.807) is 32.2 Å². The standard InChI is InChI=1S/C16H20N2O3/c1-3-21-15(19)9-11-18(2)16(20)14-8-4-6-13(12-14)7-5-10-17/h4,6,8,12H,3,9-11,17H2,1-2H3. The molecule has 1 aromatic carbocycles. The van der Waals surface area contributed by atoms with E-state index >= 15 is 0 Å². The summed E-state index contributed by atoms with van der Waals surface area (Å²) in [6.07, 6.45) is 0.183. The second kappa shape index (κ2) is 8.77. The molecule has 21 heavy (non-hydrogen) atoms. The summed E-state index contributed by atoms with van der Waals surface area (Å²) in [7, 11) is 1.65. The summed E-state index contributed by atoms with van der Waals surface area (Å²) in [6, 6.07) is 7.02. The molecule has 0 spiro atoms. The van der Waals surface area contributed by atoms with Crippen molar-refractivity contribution in [3.63, 3.8) is 0 Å². The molecule has 0 bridgehead atoms. The fourth-order valence-corrected chi connectivity index (χ4v) is 1.70. The fraction of sp³-hybridized carbons (Fsp3) is 0.375. The number of carbonyl (C=O) groups is 2. The van der Waals surface area contributed by atoms with Crippen molar-refractivity contribution >= 4 is 11.9 Å². The van der Waals surface area contributed by atoms with Crippen LogP contribution in [0.4, 0.5) is 0 Å². The van der Waals surface area contributed by atoms with E-state index in [-0.39, 0.29) is 24.8 Å². The number of nitrogens with two attached hydrogens (primary N) is 1. The largest absolute Gasteiger partial charge is 0.466 e. The van der Waals surface area contributed by atoms with Crippen LogP contribution in [0, 0.1) is 11.8 Å². The van der Waals surface area contributed by atoms with Gasteiger partial charge in [-0.3, -0.25) is 9.59 Å². The number of esters is 1. The van der Waals surface area contributed by atoms with Crippen molar-refractivity contribution in [3.8, 4) is 11.8 Å². The third-order valence-electron chi connectivity index (χ3n) is 2.75. The number of ether oxygens (including phenoxy) is 1. The Kier molecular flexibility index (Phi) is 6.99. The fourth-order valence-electron chi connectivity index (χ4n) is 1.70. The zero-order chi connectivity index (χ0) is 15.7. The van der Waals surface area contributed by atoms with Crippen LogP contribution in [-0.2, 0) is 9.53 Å². The molecule has 0 saturated heterocycles. The molecule has 0 saturated carbocycles. The molecular weight excluding hydrogens is 268 g/mol. The molecule has 112 valence electrons. The Balaban J connectivity index is 2.67. The molecule has 0 aliphatic heterocycles. The Morgan fingerprint density at radius 3 is 2.81 bits per heavy atom. The lowest BCUT2D eigenvalue weighted by Crippen LogP contribution is -2.29. The summed E-state index contributed by atoms with van der Waals surface area (Å²) in [4.78, 5) is 25.0. The van der Waals surface area contributed by atoms with Gasteiger partial charge in [-0.15, -0.1) is 0 Å². The van der Waals surface area contributed by atoms with Crippen molar-refractivity contribution in [1.82, 2.24) is 4.90 Å². The molecule has 0 unspecified atom stereocenters. The van der Waals surface area contributed by atoms with Gasteiger partial charge in [0.25, 0.3) is 5.91 Å². The van der Waals surface area contributed by atoms with Crippen molar-refractivity contribution in [2.24, 2.45) is 5.73 Å². The van der Waals surface area contributed by atoms with Gasteiger partial charge in [0.2, 0.25) is 0 Å². The molecule has 2 N–H and O–H groups in total. The first kappa shape index (κ1) is 16.7. The van der Waals surface area contributed by atoms with Gasteiger partial charge in [0.15, 0.2) is 0 Å². The molecule has 0 radical (unpaired) electrons. The first-order valence-electron chi connectivity index (χ1n) is 6.78. The van der Waals surface area contributed by atoms with Gasteiger partial charge in [0.1, 0.15) is 0 Å². The number of hydrogen-bond donors (Lipinski definition) is 1. The summed E-state index contributed by atoms with van der Waals surface area (Å²) < 4.78 is 4.83. The first-order chi connectivity index (χ1) is 10.1. The normalized spacial score (nSPS) is 9.48. The molecule has 0 atom stereocenters. The Morgan fingerprint density at radius 2 is 2.14 bits per heavy atom. The van der Waals surface area contributed by atoms with Crippen molar-refractivity contribution in [2.75, 3.05) is 26.7 Å². The third kappa shape index (κ3) is 5.67. The number of hydrogen-bond acceptors (Lipinski definition) is 4. The van der Waals surface area contributed by atoms with Crippen molar-refractivity contribution in [3.05, 3.63) is 35.4 Å². The Bertz CT molecular complexity index is 558. The van der Waals surface area contributed by atoms with Gasteiger partial charge in [-0.05, 0) is 25.1 Å². The van der Waals surface area contributed by atoms with E-state index in [4.69, 9.17) is 10.5 Å². The monoisotopic (exact) mass is 288 g/mol. The summed E-state index contributed by atoms with van der Waals surface area (Å²) >= 11 is 0. The van der Waals surface area contributed by atoms with Crippen LogP contribution < -0.4 is 5.73 Å². The van der Waals surface area contributed by atoms with Gasteiger partial charge in [-0.1, -0.05) is 17.9 Å². The minimum absolute atomic E-state index is 0.157. The van der Waals surface area contributed by atoms with E-state index in [9.17, 15) is 9.59 Å². The zero-order valence-electron chi connectivity index (χ0n) is 12.4. The van der Waals surface area contributed by atoms with E-state index in [2.05, 4.69) is 11.8 Å². The van der Waals surface area contributed by atoms with Gasteiger partial charge in [-0.2, -0.15) is 0 Å². The van der Waals surface area contributed by atoms with Crippen molar-refractivity contribution in [2.45, 2.75) is 13.3 Å². The summed E-state index contributed by atoms with van der Waals surface area (Å²) in [5.41, 5.74) is 6.60. The Hall–Kier alpha value is -2.32. The van der Waals surface area contributed by atoms with Gasteiger partial charge in [0.05, 0.1) is 19.6 Å². The molecule has 0 fully saturated rings. The molecule has 0 aliphatic carbocycles. The average molecular weight is 288 g/mol. The number of nitrogens with zero attached hydrogens (tertiary/aromatic N) is 1. The lowest BCUT2D eigenvalue weighted by molar-refractivity contribution is -0.143. The minimum atomic E-state index is -0.306. The topological polar surface area (TPSA) is 72.6 Å². The second-order valence-electron chi connectivity index (χ2n) is 4.37. The number of benzene rings is 1. The number of rotatable bonds is 5. The molecular formula is C16H20N2O3. The molecule has 1 rings (SSSR count). The SMILES string of the molecule is CCOC(=O)CCN(C)C(=O)c1cccc(C#CCN)c1. The lowest BCUT2D eigenvalue weighted by Gasteiger charge is -2.16. The van der Waals surface area contributed by atoms with Crippen LogP contribution in [0.15, 0.2) is 24.3 Å². The predicted molar refractivity (Wildman–Crippen MR) is 80.6 cm³/mol. The third-order valence-corrected chi connectivity index (χ3v) is 2.75. The smallest absolute Gasteiger partial charge is 0.307 e. The number of amides is 1. The van der Waals surface area contributed by atoms with Gasteiger partial charge in [-0.25, -0.2) is 0 Å². The second-order valence-corrected chi connectivity index (χ2v) is 4.37. The van der Waals surface area contributed by atoms with Crippen LogP contribution in [0.25, 0.3) is 0 Å². The van der Waals surface area contributed by atoms with Crippen LogP contribution >= 0.6 is 0 Å². The highest BCUT2D eigenvalue weighted by Gasteiger charge is 2.13. The zero-order valence-corrected chi connectivity index (χ0v) is 12.4. The molecule has 0 aromatic heterocycles. The van der Waals surface area contributed by atoms with Gasteiger partial charge < -0.3 is 15.4 Å². The van der Waals surface area contributed by atoms with Crippen molar-refractivity contribution in [1.29, 1.82) is 0 Å². The van der Waals surface area contributed by atoms with Crippen LogP contribution in [0.3, 0.4) is 0 Å². The van der Waals surface area contributed by atoms with Gasteiger partial charge >= 0.3 is 5.97 Å². The Labute approximate surface area is 125 Å². The molecule has 1 aromatic rings. The lowest BCUT2D eigenvalue weighted by atomic mass is 10.1. The predicted octanol–water partition coefficient (Wildman–Crippen LogP) is 1.02. The summed E-state index contributed by atoms with van der Waals surface area (Å²) in [5.74, 6) is 5.17. The van der Waals surface area contributed by atoms with Gasteiger partial charge in [0, 0.05) is 24.7 Å². The van der Waals surface area contributed by atoms with E-state index < -0.39 is 0 Å². The molecule has 1 amide bonds. The van der Waals surface area contributed by atoms with E-state index in [0.29, 0.717) is 18.7 Å². The van der Waals surface area contributed by atoms with E-state index in [1.165, 1.54) is 4.90 Å². The maximum Gasteiger partial charge on any atom is 0.307 e. The summed E-state index contributed by atoms with van der Waals surface area (Å²) in [5, 5.41) is 0. The molecule has 0 aliphatic rings. The van der Waals surface area contributed by atoms with Crippen LogP contribution in [0.5, 0.6) is 0 Å². The van der Waals surface area contributed by atoms with Crippen LogP contribution in [0.1, 0.15) is 29.3 Å². The maximum atomic E-state index is 12.2. The van der Waals surface area contributed by atoms with Crippen LogP contribution in [-0.4, -0.2) is 43.5 Å². The van der Waals surface area contributed by atoms with E-state index in [0.717, 1.165) is 5.56 Å². The highest BCUT2D eigenvalue weighted by Crippen LogP contribution is 2.07. The average Bonchev–Trinajstić information content (AvgIpc) is 2.50. The minimum Gasteiger partial charge on any atom is -0.466 e.